The molecule has 0 spiro atoms. The monoisotopic (exact) mass is 260 g/mol. The Labute approximate surface area is 115 Å². The molecule has 1 aromatic rings. The average Bonchev–Trinajstić information content (AvgIpc) is 2.42. The highest BCUT2D eigenvalue weighted by atomic mass is 16.2. The highest BCUT2D eigenvalue weighted by Crippen LogP contribution is 2.22. The smallest absolute Gasteiger partial charge is 0.254 e. The summed E-state index contributed by atoms with van der Waals surface area (Å²) in [5.41, 5.74) is 7.98. The summed E-state index contributed by atoms with van der Waals surface area (Å²) in [5.74, 6) is 0.187. The van der Waals surface area contributed by atoms with Crippen molar-refractivity contribution in [3.8, 4) is 0 Å². The zero-order valence-electron chi connectivity index (χ0n) is 12.0. The normalized spacial score (nSPS) is 15.5. The van der Waals surface area contributed by atoms with Crippen LogP contribution in [0.25, 0.3) is 0 Å². The first kappa shape index (κ1) is 14.1. The van der Waals surface area contributed by atoms with Gasteiger partial charge in [-0.3, -0.25) is 4.79 Å². The molecule has 3 nitrogen and oxygen atoms in total. The van der Waals surface area contributed by atoms with Gasteiger partial charge < -0.3 is 10.6 Å². The van der Waals surface area contributed by atoms with Gasteiger partial charge in [0.1, 0.15) is 0 Å². The molecule has 19 heavy (non-hydrogen) atoms. The van der Waals surface area contributed by atoms with Crippen LogP contribution in [0.2, 0.25) is 0 Å². The standard InChI is InChI=1S/C16H24N2O/c1-16(2,12-17)9-5-10-18-11-8-13-6-3-4-7-14(13)15(18)19/h3-4,6-7H,5,8-12,17H2,1-2H3. The zero-order chi connectivity index (χ0) is 13.9. The van der Waals surface area contributed by atoms with Gasteiger partial charge in [0.15, 0.2) is 0 Å². The van der Waals surface area contributed by atoms with Crippen molar-refractivity contribution in [2.45, 2.75) is 33.1 Å². The lowest BCUT2D eigenvalue weighted by atomic mass is 9.88. The summed E-state index contributed by atoms with van der Waals surface area (Å²) in [6, 6.07) is 7.94. The minimum Gasteiger partial charge on any atom is -0.338 e. The molecule has 1 amide bonds. The lowest BCUT2D eigenvalue weighted by molar-refractivity contribution is 0.0731. The molecule has 0 fully saturated rings. The molecule has 104 valence electrons. The zero-order valence-corrected chi connectivity index (χ0v) is 12.0. The molecule has 0 aliphatic carbocycles. The predicted octanol–water partition coefficient (Wildman–Crippen LogP) is 2.45. The predicted molar refractivity (Wildman–Crippen MR) is 78.1 cm³/mol. The molecule has 2 rings (SSSR count). The van der Waals surface area contributed by atoms with E-state index in [0.717, 1.165) is 37.9 Å². The Hall–Kier alpha value is -1.35. The van der Waals surface area contributed by atoms with E-state index in [1.807, 2.05) is 23.1 Å². The van der Waals surface area contributed by atoms with E-state index < -0.39 is 0 Å². The highest BCUT2D eigenvalue weighted by Gasteiger charge is 2.24. The van der Waals surface area contributed by atoms with Gasteiger partial charge in [0.05, 0.1) is 0 Å². The van der Waals surface area contributed by atoms with E-state index in [2.05, 4.69) is 19.9 Å². The fourth-order valence-corrected chi connectivity index (χ4v) is 2.54. The van der Waals surface area contributed by atoms with Gasteiger partial charge in [-0.1, -0.05) is 32.0 Å². The maximum absolute atomic E-state index is 12.3. The molecule has 1 aliphatic heterocycles. The Kier molecular flexibility index (Phi) is 4.25. The fourth-order valence-electron chi connectivity index (χ4n) is 2.54. The Balaban J connectivity index is 1.92. The number of carbonyl (C=O) groups excluding carboxylic acids is 1. The van der Waals surface area contributed by atoms with Gasteiger partial charge >= 0.3 is 0 Å². The van der Waals surface area contributed by atoms with Crippen LogP contribution in [0.5, 0.6) is 0 Å². The number of amides is 1. The van der Waals surface area contributed by atoms with Crippen molar-refractivity contribution in [3.63, 3.8) is 0 Å². The van der Waals surface area contributed by atoms with E-state index in [0.29, 0.717) is 6.54 Å². The number of rotatable bonds is 5. The van der Waals surface area contributed by atoms with Crippen LogP contribution < -0.4 is 5.73 Å². The number of nitrogens with two attached hydrogens (primary N) is 1. The van der Waals surface area contributed by atoms with E-state index in [-0.39, 0.29) is 11.3 Å². The van der Waals surface area contributed by atoms with Crippen molar-refractivity contribution < 1.29 is 4.79 Å². The SMILES string of the molecule is CC(C)(CN)CCCN1CCc2ccccc2C1=O. The summed E-state index contributed by atoms with van der Waals surface area (Å²) in [6.07, 6.45) is 3.06. The molecular weight excluding hydrogens is 236 g/mol. The summed E-state index contributed by atoms with van der Waals surface area (Å²) in [5, 5.41) is 0. The Morgan fingerprint density at radius 3 is 2.79 bits per heavy atom. The molecule has 0 saturated heterocycles. The number of carbonyl (C=O) groups is 1. The molecule has 0 aromatic heterocycles. The van der Waals surface area contributed by atoms with Crippen molar-refractivity contribution in [2.75, 3.05) is 19.6 Å². The number of nitrogens with zero attached hydrogens (tertiary/aromatic N) is 1. The topological polar surface area (TPSA) is 46.3 Å². The Morgan fingerprint density at radius 2 is 2.05 bits per heavy atom. The molecule has 0 atom stereocenters. The van der Waals surface area contributed by atoms with Crippen LogP contribution in [0.1, 0.15) is 42.6 Å². The molecule has 1 aromatic carbocycles. The van der Waals surface area contributed by atoms with Crippen molar-refractivity contribution in [1.29, 1.82) is 0 Å². The second-order valence-corrected chi connectivity index (χ2v) is 6.17. The van der Waals surface area contributed by atoms with Crippen molar-refractivity contribution in [2.24, 2.45) is 11.1 Å². The molecule has 0 radical (unpaired) electrons. The first-order valence-electron chi connectivity index (χ1n) is 7.11. The van der Waals surface area contributed by atoms with Gasteiger partial charge in [-0.15, -0.1) is 0 Å². The van der Waals surface area contributed by atoms with Gasteiger partial charge in [0, 0.05) is 18.7 Å². The van der Waals surface area contributed by atoms with Crippen LogP contribution in [0.15, 0.2) is 24.3 Å². The van der Waals surface area contributed by atoms with Crippen molar-refractivity contribution in [1.82, 2.24) is 4.90 Å². The second kappa shape index (κ2) is 5.74. The first-order valence-corrected chi connectivity index (χ1v) is 7.11. The van der Waals surface area contributed by atoms with E-state index in [1.54, 1.807) is 0 Å². The second-order valence-electron chi connectivity index (χ2n) is 6.17. The molecule has 1 heterocycles. The quantitative estimate of drug-likeness (QED) is 0.884. The van der Waals surface area contributed by atoms with E-state index in [1.165, 1.54) is 5.56 Å². The van der Waals surface area contributed by atoms with Crippen molar-refractivity contribution >= 4 is 5.91 Å². The largest absolute Gasteiger partial charge is 0.338 e. The molecule has 0 bridgehead atoms. The number of hydrogen-bond acceptors (Lipinski definition) is 2. The van der Waals surface area contributed by atoms with Crippen LogP contribution in [-0.2, 0) is 6.42 Å². The third-order valence-corrected chi connectivity index (χ3v) is 4.02. The maximum Gasteiger partial charge on any atom is 0.254 e. The lowest BCUT2D eigenvalue weighted by Crippen LogP contribution is -2.38. The minimum absolute atomic E-state index is 0.177. The van der Waals surface area contributed by atoms with Gasteiger partial charge in [-0.25, -0.2) is 0 Å². The van der Waals surface area contributed by atoms with E-state index >= 15 is 0 Å². The van der Waals surface area contributed by atoms with Crippen molar-refractivity contribution in [3.05, 3.63) is 35.4 Å². The summed E-state index contributed by atoms with van der Waals surface area (Å²) in [4.78, 5) is 14.3. The van der Waals surface area contributed by atoms with Crippen LogP contribution in [0.4, 0.5) is 0 Å². The van der Waals surface area contributed by atoms with Gasteiger partial charge in [0.2, 0.25) is 0 Å². The summed E-state index contributed by atoms with van der Waals surface area (Å²) in [6.45, 7) is 6.75. The van der Waals surface area contributed by atoms with Gasteiger partial charge in [0.25, 0.3) is 5.91 Å². The first-order chi connectivity index (χ1) is 9.03. The third kappa shape index (κ3) is 3.35. The molecule has 1 aliphatic rings. The summed E-state index contributed by atoms with van der Waals surface area (Å²) >= 11 is 0. The van der Waals surface area contributed by atoms with E-state index in [4.69, 9.17) is 5.73 Å². The van der Waals surface area contributed by atoms with Crippen LogP contribution in [-0.4, -0.2) is 30.4 Å². The molecule has 0 saturated carbocycles. The highest BCUT2D eigenvalue weighted by molar-refractivity contribution is 5.96. The lowest BCUT2D eigenvalue weighted by Gasteiger charge is -2.30. The average molecular weight is 260 g/mol. The van der Waals surface area contributed by atoms with Crippen LogP contribution >= 0.6 is 0 Å². The Bertz CT molecular complexity index is 454. The molecule has 2 N–H and O–H groups in total. The van der Waals surface area contributed by atoms with Gasteiger partial charge in [-0.05, 0) is 42.9 Å². The number of hydrogen-bond donors (Lipinski definition) is 1. The van der Waals surface area contributed by atoms with Crippen LogP contribution in [0, 0.1) is 5.41 Å². The minimum atomic E-state index is 0.177. The van der Waals surface area contributed by atoms with E-state index in [9.17, 15) is 4.79 Å². The fraction of sp³-hybridized carbons (Fsp3) is 0.562. The Morgan fingerprint density at radius 1 is 1.32 bits per heavy atom. The maximum atomic E-state index is 12.3. The molecular formula is C16H24N2O. The number of benzene rings is 1. The third-order valence-electron chi connectivity index (χ3n) is 4.02. The van der Waals surface area contributed by atoms with Crippen LogP contribution in [0.3, 0.4) is 0 Å². The summed E-state index contributed by atoms with van der Waals surface area (Å²) < 4.78 is 0. The number of fused-ring (bicyclic) bond motifs is 1. The molecule has 0 unspecified atom stereocenters. The summed E-state index contributed by atoms with van der Waals surface area (Å²) in [7, 11) is 0. The molecule has 3 heteroatoms. The van der Waals surface area contributed by atoms with Gasteiger partial charge in [-0.2, -0.15) is 0 Å².